The normalized spacial score (nSPS) is 20.3. The smallest absolute Gasteiger partial charge is 0.210 e. The van der Waals surface area contributed by atoms with E-state index in [-0.39, 0.29) is 17.8 Å². The Kier molecular flexibility index (Phi) is 7.97. The van der Waals surface area contributed by atoms with Crippen molar-refractivity contribution in [2.45, 2.75) is 36.9 Å². The van der Waals surface area contributed by atoms with Crippen LogP contribution in [0.25, 0.3) is 0 Å². The fourth-order valence-corrected chi connectivity index (χ4v) is 5.72. The van der Waals surface area contributed by atoms with Crippen LogP contribution in [0.2, 0.25) is 0 Å². The van der Waals surface area contributed by atoms with E-state index in [1.807, 2.05) is 53.6 Å². The molecule has 0 aliphatic carbocycles. The van der Waals surface area contributed by atoms with Gasteiger partial charge in [0.2, 0.25) is 6.41 Å². The number of anilines is 1. The van der Waals surface area contributed by atoms with Crippen LogP contribution in [-0.4, -0.2) is 59.5 Å². The van der Waals surface area contributed by atoms with Gasteiger partial charge in [-0.05, 0) is 60.8 Å². The number of carbonyl (C=O) groups excluding carboxylic acids is 1. The zero-order chi connectivity index (χ0) is 26.4. The number of pyridine rings is 1. The van der Waals surface area contributed by atoms with E-state index in [2.05, 4.69) is 21.6 Å². The molecule has 1 aromatic heterocycles. The molecule has 7 nitrogen and oxygen atoms in total. The van der Waals surface area contributed by atoms with E-state index in [0.29, 0.717) is 19.6 Å². The van der Waals surface area contributed by atoms with Gasteiger partial charge in [0.05, 0.1) is 23.6 Å². The van der Waals surface area contributed by atoms with Crippen LogP contribution in [0.15, 0.2) is 72.9 Å². The van der Waals surface area contributed by atoms with Gasteiger partial charge >= 0.3 is 0 Å². The zero-order valence-corrected chi connectivity index (χ0v) is 21.4. The molecule has 5 rings (SSSR count). The van der Waals surface area contributed by atoms with Gasteiger partial charge < -0.3 is 15.5 Å². The van der Waals surface area contributed by atoms with Crippen molar-refractivity contribution >= 4 is 12.2 Å². The van der Waals surface area contributed by atoms with Crippen molar-refractivity contribution in [2.75, 3.05) is 38.0 Å². The molecule has 2 aliphatic rings. The second-order valence-electron chi connectivity index (χ2n) is 10.2. The summed E-state index contributed by atoms with van der Waals surface area (Å²) in [5.74, 6) is 0.174. The molecule has 2 aliphatic heterocycles. The Bertz CT molecular complexity index is 1240. The molecule has 2 unspecified atom stereocenters. The molecule has 2 saturated heterocycles. The topological polar surface area (TPSA) is 84.3 Å². The van der Waals surface area contributed by atoms with Gasteiger partial charge in [0.1, 0.15) is 11.6 Å². The average Bonchev–Trinajstić information content (AvgIpc) is 2.96. The Labute approximate surface area is 223 Å². The minimum atomic E-state index is -0.429. The number of aromatic nitrogens is 1. The largest absolute Gasteiger partial charge is 0.363 e. The Morgan fingerprint density at radius 3 is 2.53 bits per heavy atom. The summed E-state index contributed by atoms with van der Waals surface area (Å²) < 4.78 is 13.3. The minimum Gasteiger partial charge on any atom is -0.363 e. The van der Waals surface area contributed by atoms with Crippen LogP contribution in [0.1, 0.15) is 41.5 Å². The van der Waals surface area contributed by atoms with Crippen molar-refractivity contribution in [1.82, 2.24) is 20.1 Å². The molecular weight excluding hydrogens is 479 g/mol. The van der Waals surface area contributed by atoms with E-state index in [4.69, 9.17) is 4.98 Å². The number of amides is 1. The molecule has 0 spiro atoms. The fraction of sp³-hybridized carbons (Fsp3) is 0.367. The first-order chi connectivity index (χ1) is 18.6. The van der Waals surface area contributed by atoms with Gasteiger partial charge in [-0.1, -0.05) is 48.5 Å². The maximum atomic E-state index is 13.3. The lowest BCUT2D eigenvalue weighted by atomic mass is 9.74. The Balaban J connectivity index is 1.33. The highest BCUT2D eigenvalue weighted by molar-refractivity contribution is 5.50. The molecule has 3 aromatic rings. The van der Waals surface area contributed by atoms with Crippen molar-refractivity contribution < 1.29 is 9.18 Å². The molecule has 38 heavy (non-hydrogen) atoms. The lowest BCUT2D eigenvalue weighted by molar-refractivity contribution is -0.123. The zero-order valence-electron chi connectivity index (χ0n) is 21.4. The number of benzene rings is 2. The van der Waals surface area contributed by atoms with Crippen LogP contribution in [0, 0.1) is 17.1 Å². The summed E-state index contributed by atoms with van der Waals surface area (Å²) in [5, 5.41) is 17.3. The maximum absolute atomic E-state index is 13.3. The standard InChI is InChI=1S/C30H33FN6O/c31-26-9-6-23(7-10-26)20-36-16-17-37(22-38)28(21-36)25-8-11-29(34-19-25)35-30(12-14-33-15-13-30)27(18-32)24-4-2-1-3-5-24/h1-11,19,22,27-28,33H,12-17,20-21H2,(H,34,35). The number of hydrogen-bond donors (Lipinski definition) is 2. The predicted octanol–water partition coefficient (Wildman–Crippen LogP) is 4.08. The molecule has 196 valence electrons. The van der Waals surface area contributed by atoms with E-state index in [1.165, 1.54) is 12.1 Å². The number of halogens is 1. The molecule has 1 amide bonds. The van der Waals surface area contributed by atoms with Crippen molar-refractivity contribution in [2.24, 2.45) is 0 Å². The van der Waals surface area contributed by atoms with Gasteiger partial charge in [0.25, 0.3) is 0 Å². The third kappa shape index (κ3) is 5.69. The lowest BCUT2D eigenvalue weighted by Gasteiger charge is -2.42. The van der Waals surface area contributed by atoms with Gasteiger partial charge in [-0.25, -0.2) is 9.37 Å². The number of carbonyl (C=O) groups is 1. The van der Waals surface area contributed by atoms with Gasteiger partial charge in [-0.15, -0.1) is 0 Å². The third-order valence-electron chi connectivity index (χ3n) is 7.82. The van der Waals surface area contributed by atoms with E-state index in [1.54, 1.807) is 12.1 Å². The van der Waals surface area contributed by atoms with Crippen molar-refractivity contribution in [3.05, 3.63) is 95.4 Å². The SMILES string of the molecule is N#CC(c1ccccc1)C1(Nc2ccc(C3CN(Cc4ccc(F)cc4)CCN3C=O)cn2)CCNCC1. The number of piperazine rings is 1. The fourth-order valence-electron chi connectivity index (χ4n) is 5.72. The molecule has 2 aromatic carbocycles. The van der Waals surface area contributed by atoms with Gasteiger partial charge in [0, 0.05) is 32.4 Å². The van der Waals surface area contributed by atoms with Crippen LogP contribution in [0.5, 0.6) is 0 Å². The number of nitriles is 1. The first-order valence-corrected chi connectivity index (χ1v) is 13.2. The molecule has 0 bridgehead atoms. The minimum absolute atomic E-state index is 0.118. The van der Waals surface area contributed by atoms with E-state index in [0.717, 1.165) is 61.4 Å². The maximum Gasteiger partial charge on any atom is 0.210 e. The molecule has 0 saturated carbocycles. The van der Waals surface area contributed by atoms with Crippen molar-refractivity contribution in [3.8, 4) is 6.07 Å². The molecule has 2 fully saturated rings. The predicted molar refractivity (Wildman–Crippen MR) is 145 cm³/mol. The first-order valence-electron chi connectivity index (χ1n) is 13.2. The van der Waals surface area contributed by atoms with Crippen LogP contribution in [0.4, 0.5) is 10.2 Å². The van der Waals surface area contributed by atoms with Crippen molar-refractivity contribution in [1.29, 1.82) is 5.26 Å². The van der Waals surface area contributed by atoms with E-state index < -0.39 is 5.54 Å². The first kappa shape index (κ1) is 25.8. The summed E-state index contributed by atoms with van der Waals surface area (Å²) >= 11 is 0. The third-order valence-corrected chi connectivity index (χ3v) is 7.82. The van der Waals surface area contributed by atoms with Gasteiger partial charge in [-0.2, -0.15) is 5.26 Å². The van der Waals surface area contributed by atoms with E-state index in [9.17, 15) is 14.4 Å². The van der Waals surface area contributed by atoms with Crippen LogP contribution >= 0.6 is 0 Å². The van der Waals surface area contributed by atoms with Crippen LogP contribution in [-0.2, 0) is 11.3 Å². The van der Waals surface area contributed by atoms with Crippen LogP contribution < -0.4 is 10.6 Å². The summed E-state index contributed by atoms with van der Waals surface area (Å²) in [7, 11) is 0. The van der Waals surface area contributed by atoms with Crippen LogP contribution in [0.3, 0.4) is 0 Å². The summed E-state index contributed by atoms with van der Waals surface area (Å²) in [6.45, 7) is 4.40. The number of hydrogen-bond acceptors (Lipinski definition) is 6. The molecule has 8 heteroatoms. The van der Waals surface area contributed by atoms with E-state index >= 15 is 0 Å². The van der Waals surface area contributed by atoms with Gasteiger partial charge in [0.15, 0.2) is 0 Å². The molecule has 2 N–H and O–H groups in total. The highest BCUT2D eigenvalue weighted by atomic mass is 19.1. The summed E-state index contributed by atoms with van der Waals surface area (Å²) in [5.41, 5.74) is 2.58. The van der Waals surface area contributed by atoms with Crippen molar-refractivity contribution in [3.63, 3.8) is 0 Å². The molecule has 0 radical (unpaired) electrons. The second-order valence-corrected chi connectivity index (χ2v) is 10.2. The lowest BCUT2D eigenvalue weighted by Crippen LogP contribution is -2.51. The Hall–Kier alpha value is -3.80. The van der Waals surface area contributed by atoms with Gasteiger partial charge in [-0.3, -0.25) is 9.69 Å². The summed E-state index contributed by atoms with van der Waals surface area (Å²) in [6, 6.07) is 23.0. The average molecular weight is 513 g/mol. The summed E-state index contributed by atoms with van der Waals surface area (Å²) in [6.07, 6.45) is 4.36. The summed E-state index contributed by atoms with van der Waals surface area (Å²) in [4.78, 5) is 20.7. The quantitative estimate of drug-likeness (QED) is 0.443. The highest BCUT2D eigenvalue weighted by Crippen LogP contribution is 2.38. The number of nitrogens with zero attached hydrogens (tertiary/aromatic N) is 4. The molecule has 2 atom stereocenters. The Morgan fingerprint density at radius 2 is 1.87 bits per heavy atom. The highest BCUT2D eigenvalue weighted by Gasteiger charge is 2.41. The second kappa shape index (κ2) is 11.7. The number of piperidine rings is 1. The molecule has 3 heterocycles. The number of rotatable bonds is 8. The monoisotopic (exact) mass is 512 g/mol. The number of nitrogens with one attached hydrogen (secondary N) is 2. The molecular formula is C30H33FN6O. The Morgan fingerprint density at radius 1 is 1.11 bits per heavy atom.